The lowest BCUT2D eigenvalue weighted by Gasteiger charge is -2.24. The van der Waals surface area contributed by atoms with Crippen molar-refractivity contribution in [2.75, 3.05) is 5.32 Å². The topological polar surface area (TPSA) is 68.5 Å². The fourth-order valence-electron chi connectivity index (χ4n) is 2.21. The average molecular weight is 258 g/mol. The standard InChI is InChI=1S/C13H18N6/c1-9-6-13(16-10(2)15-9)14-7-11-8-19(18-17-11)12-4-3-5-12/h6,8,12H,3-5,7H2,1-2H3,(H,14,15,16). The molecule has 2 heterocycles. The highest BCUT2D eigenvalue weighted by Gasteiger charge is 2.20. The van der Waals surface area contributed by atoms with E-state index in [0.29, 0.717) is 12.6 Å². The molecule has 3 rings (SSSR count). The van der Waals surface area contributed by atoms with Gasteiger partial charge in [0.1, 0.15) is 17.3 Å². The highest BCUT2D eigenvalue weighted by Crippen LogP contribution is 2.30. The molecule has 1 aliphatic rings. The van der Waals surface area contributed by atoms with E-state index in [1.54, 1.807) is 0 Å². The van der Waals surface area contributed by atoms with E-state index in [9.17, 15) is 0 Å². The Hall–Kier alpha value is -1.98. The third-order valence-electron chi connectivity index (χ3n) is 3.42. The quantitative estimate of drug-likeness (QED) is 0.908. The molecule has 0 spiro atoms. The van der Waals surface area contributed by atoms with Crippen LogP contribution in [0.2, 0.25) is 0 Å². The molecule has 6 heteroatoms. The molecule has 0 aliphatic heterocycles. The summed E-state index contributed by atoms with van der Waals surface area (Å²) in [4.78, 5) is 8.59. The summed E-state index contributed by atoms with van der Waals surface area (Å²) in [7, 11) is 0. The Kier molecular flexibility index (Phi) is 3.15. The number of anilines is 1. The number of aromatic nitrogens is 5. The second-order valence-corrected chi connectivity index (χ2v) is 5.07. The molecule has 6 nitrogen and oxygen atoms in total. The maximum atomic E-state index is 4.34. The van der Waals surface area contributed by atoms with E-state index < -0.39 is 0 Å². The molecule has 2 aromatic heterocycles. The third kappa shape index (κ3) is 2.72. The van der Waals surface area contributed by atoms with Gasteiger partial charge in [0.15, 0.2) is 0 Å². The number of aryl methyl sites for hydroxylation is 2. The predicted molar refractivity (Wildman–Crippen MR) is 71.7 cm³/mol. The van der Waals surface area contributed by atoms with Crippen LogP contribution in [0.5, 0.6) is 0 Å². The Balaban J connectivity index is 1.63. The molecule has 1 aliphatic carbocycles. The van der Waals surface area contributed by atoms with Gasteiger partial charge in [-0.25, -0.2) is 14.6 Å². The summed E-state index contributed by atoms with van der Waals surface area (Å²) in [5, 5.41) is 11.6. The zero-order valence-electron chi connectivity index (χ0n) is 11.3. The maximum Gasteiger partial charge on any atom is 0.130 e. The lowest BCUT2D eigenvalue weighted by molar-refractivity contribution is 0.284. The van der Waals surface area contributed by atoms with Crippen LogP contribution in [0.4, 0.5) is 5.82 Å². The van der Waals surface area contributed by atoms with Crippen LogP contribution in [-0.4, -0.2) is 25.0 Å². The highest BCUT2D eigenvalue weighted by atomic mass is 15.4. The molecular weight excluding hydrogens is 240 g/mol. The Morgan fingerprint density at radius 3 is 2.84 bits per heavy atom. The van der Waals surface area contributed by atoms with Crippen molar-refractivity contribution in [1.29, 1.82) is 0 Å². The molecule has 0 aromatic carbocycles. The molecule has 0 atom stereocenters. The van der Waals surface area contributed by atoms with Crippen LogP contribution in [0, 0.1) is 13.8 Å². The van der Waals surface area contributed by atoms with Gasteiger partial charge < -0.3 is 5.32 Å². The van der Waals surface area contributed by atoms with Crippen LogP contribution in [0.1, 0.15) is 42.5 Å². The fraction of sp³-hybridized carbons (Fsp3) is 0.538. The van der Waals surface area contributed by atoms with Gasteiger partial charge in [0.2, 0.25) is 0 Å². The summed E-state index contributed by atoms with van der Waals surface area (Å²) >= 11 is 0. The molecule has 1 N–H and O–H groups in total. The number of nitrogens with one attached hydrogen (secondary N) is 1. The second kappa shape index (κ2) is 4.95. The third-order valence-corrected chi connectivity index (χ3v) is 3.42. The van der Waals surface area contributed by atoms with Gasteiger partial charge >= 0.3 is 0 Å². The first kappa shape index (κ1) is 12.1. The Labute approximate surface area is 112 Å². The first-order valence-electron chi connectivity index (χ1n) is 6.67. The predicted octanol–water partition coefficient (Wildman–Crippen LogP) is 2.02. The van der Waals surface area contributed by atoms with Crippen molar-refractivity contribution < 1.29 is 0 Å². The van der Waals surface area contributed by atoms with Gasteiger partial charge in [-0.1, -0.05) is 5.21 Å². The van der Waals surface area contributed by atoms with Crippen LogP contribution in [0.3, 0.4) is 0 Å². The molecule has 19 heavy (non-hydrogen) atoms. The zero-order chi connectivity index (χ0) is 13.2. The molecular formula is C13H18N6. The summed E-state index contributed by atoms with van der Waals surface area (Å²) < 4.78 is 1.98. The summed E-state index contributed by atoms with van der Waals surface area (Å²) in [5.41, 5.74) is 1.91. The van der Waals surface area contributed by atoms with Crippen molar-refractivity contribution in [3.63, 3.8) is 0 Å². The van der Waals surface area contributed by atoms with Crippen molar-refractivity contribution in [1.82, 2.24) is 25.0 Å². The summed E-state index contributed by atoms with van der Waals surface area (Å²) in [6.45, 7) is 4.50. The minimum Gasteiger partial charge on any atom is -0.364 e. The van der Waals surface area contributed by atoms with Crippen LogP contribution in [-0.2, 0) is 6.54 Å². The molecule has 0 bridgehead atoms. The normalized spacial score (nSPS) is 15.3. The zero-order valence-corrected chi connectivity index (χ0v) is 11.3. The van der Waals surface area contributed by atoms with Crippen molar-refractivity contribution in [2.24, 2.45) is 0 Å². The monoisotopic (exact) mass is 258 g/mol. The minimum absolute atomic E-state index is 0.560. The van der Waals surface area contributed by atoms with Gasteiger partial charge in [0.25, 0.3) is 0 Å². The number of rotatable bonds is 4. The largest absolute Gasteiger partial charge is 0.364 e. The van der Waals surface area contributed by atoms with Gasteiger partial charge in [0.05, 0.1) is 18.8 Å². The van der Waals surface area contributed by atoms with Crippen molar-refractivity contribution in [3.05, 3.63) is 29.5 Å². The summed E-state index contributed by atoms with van der Waals surface area (Å²) in [5.74, 6) is 1.61. The van der Waals surface area contributed by atoms with E-state index in [4.69, 9.17) is 0 Å². The van der Waals surface area contributed by atoms with E-state index in [-0.39, 0.29) is 0 Å². The van der Waals surface area contributed by atoms with Crippen LogP contribution in [0.25, 0.3) is 0 Å². The lowest BCUT2D eigenvalue weighted by Crippen LogP contribution is -2.17. The van der Waals surface area contributed by atoms with E-state index in [1.807, 2.05) is 30.8 Å². The van der Waals surface area contributed by atoms with Gasteiger partial charge in [0, 0.05) is 11.8 Å². The van der Waals surface area contributed by atoms with E-state index >= 15 is 0 Å². The van der Waals surface area contributed by atoms with Crippen molar-refractivity contribution in [2.45, 2.75) is 45.7 Å². The van der Waals surface area contributed by atoms with E-state index in [0.717, 1.165) is 23.0 Å². The Morgan fingerprint density at radius 2 is 2.16 bits per heavy atom. The second-order valence-electron chi connectivity index (χ2n) is 5.07. The first-order valence-corrected chi connectivity index (χ1v) is 6.67. The van der Waals surface area contributed by atoms with Crippen LogP contribution in [0.15, 0.2) is 12.3 Å². The minimum atomic E-state index is 0.560. The SMILES string of the molecule is Cc1cc(NCc2cn(C3CCC3)nn2)nc(C)n1. The van der Waals surface area contributed by atoms with Crippen molar-refractivity contribution >= 4 is 5.82 Å². The maximum absolute atomic E-state index is 4.34. The van der Waals surface area contributed by atoms with E-state index in [2.05, 4.69) is 25.6 Å². The molecule has 0 radical (unpaired) electrons. The van der Waals surface area contributed by atoms with Gasteiger partial charge in [-0.05, 0) is 33.1 Å². The van der Waals surface area contributed by atoms with Gasteiger partial charge in [-0.15, -0.1) is 5.10 Å². The Morgan fingerprint density at radius 1 is 1.32 bits per heavy atom. The summed E-state index contributed by atoms with van der Waals surface area (Å²) in [6, 6.07) is 2.49. The smallest absolute Gasteiger partial charge is 0.130 e. The number of hydrogen-bond donors (Lipinski definition) is 1. The average Bonchev–Trinajstić information content (AvgIpc) is 2.71. The number of nitrogens with zero attached hydrogens (tertiary/aromatic N) is 5. The van der Waals surface area contributed by atoms with E-state index in [1.165, 1.54) is 19.3 Å². The van der Waals surface area contributed by atoms with Crippen molar-refractivity contribution in [3.8, 4) is 0 Å². The lowest BCUT2D eigenvalue weighted by atomic mass is 9.93. The van der Waals surface area contributed by atoms with Gasteiger partial charge in [-0.2, -0.15) is 0 Å². The molecule has 1 saturated carbocycles. The molecule has 0 saturated heterocycles. The molecule has 1 fully saturated rings. The van der Waals surface area contributed by atoms with Crippen LogP contribution >= 0.6 is 0 Å². The molecule has 0 amide bonds. The molecule has 2 aromatic rings. The van der Waals surface area contributed by atoms with Crippen LogP contribution < -0.4 is 5.32 Å². The summed E-state index contributed by atoms with van der Waals surface area (Å²) in [6.07, 6.45) is 5.77. The van der Waals surface area contributed by atoms with Gasteiger partial charge in [-0.3, -0.25) is 0 Å². The fourth-order valence-corrected chi connectivity index (χ4v) is 2.21. The molecule has 0 unspecified atom stereocenters. The number of hydrogen-bond acceptors (Lipinski definition) is 5. The molecule has 100 valence electrons. The first-order chi connectivity index (χ1) is 9.20. The highest BCUT2D eigenvalue weighted by molar-refractivity contribution is 5.35. The Bertz CT molecular complexity index is 552.